The van der Waals surface area contributed by atoms with Gasteiger partial charge in [-0.15, -0.1) is 9.19 Å². The molecule has 0 unspecified atom stereocenters. The van der Waals surface area contributed by atoms with Crippen LogP contribution in [0, 0.1) is 6.92 Å². The van der Waals surface area contributed by atoms with Crippen molar-refractivity contribution in [1.82, 2.24) is 9.19 Å². The van der Waals surface area contributed by atoms with E-state index in [1.807, 2.05) is 6.92 Å². The standard InChI is InChI=1S/C23H18Cl2N2O5S/c1-14-3-7-17(8-4-14)33(29,30)27-21-10-6-16(31-2)12-18(21)23(26-27)32-13-22(28)15-5-9-19(24)20(25)11-15/h3-12H,13H2,1-2H3. The molecule has 0 spiro atoms. The number of carbonyl (C=O) groups excluding carboxylic acids is 1. The number of nitrogens with zero attached hydrogens (tertiary/aromatic N) is 2. The fraction of sp³-hybridized carbons (Fsp3) is 0.130. The smallest absolute Gasteiger partial charge is 0.283 e. The van der Waals surface area contributed by atoms with E-state index in [2.05, 4.69) is 5.10 Å². The van der Waals surface area contributed by atoms with E-state index in [0.717, 1.165) is 9.65 Å². The third kappa shape index (κ3) is 4.55. The highest BCUT2D eigenvalue weighted by Gasteiger charge is 2.24. The Balaban J connectivity index is 1.73. The number of hydrogen-bond acceptors (Lipinski definition) is 6. The molecule has 170 valence electrons. The van der Waals surface area contributed by atoms with Crippen molar-refractivity contribution in [3.8, 4) is 11.6 Å². The maximum absolute atomic E-state index is 13.3. The second-order valence-corrected chi connectivity index (χ2v) is 9.77. The van der Waals surface area contributed by atoms with E-state index in [0.29, 0.717) is 21.7 Å². The van der Waals surface area contributed by atoms with Crippen LogP contribution in [0.4, 0.5) is 0 Å². The molecular formula is C23H18Cl2N2O5S. The summed E-state index contributed by atoms with van der Waals surface area (Å²) in [5, 5.41) is 5.13. The Kier molecular flexibility index (Phi) is 6.34. The summed E-state index contributed by atoms with van der Waals surface area (Å²) in [5.41, 5.74) is 1.51. The first-order valence-corrected chi connectivity index (χ1v) is 11.9. The predicted octanol–water partition coefficient (Wildman–Crippen LogP) is 5.16. The summed E-state index contributed by atoms with van der Waals surface area (Å²) in [5.74, 6) is 0.0870. The number of fused-ring (bicyclic) bond motifs is 1. The minimum atomic E-state index is -4.01. The fourth-order valence-electron chi connectivity index (χ4n) is 3.16. The van der Waals surface area contributed by atoms with Crippen LogP contribution in [0.1, 0.15) is 15.9 Å². The summed E-state index contributed by atoms with van der Waals surface area (Å²) in [6, 6.07) is 15.7. The topological polar surface area (TPSA) is 87.5 Å². The van der Waals surface area contributed by atoms with E-state index < -0.39 is 10.0 Å². The van der Waals surface area contributed by atoms with Gasteiger partial charge in [-0.2, -0.15) is 8.42 Å². The lowest BCUT2D eigenvalue weighted by Gasteiger charge is -2.06. The molecule has 0 saturated heterocycles. The van der Waals surface area contributed by atoms with Crippen molar-refractivity contribution in [3.63, 3.8) is 0 Å². The molecule has 10 heteroatoms. The highest BCUT2D eigenvalue weighted by molar-refractivity contribution is 7.90. The average Bonchev–Trinajstić information content (AvgIpc) is 3.18. The number of ketones is 1. The van der Waals surface area contributed by atoms with E-state index >= 15 is 0 Å². The molecule has 7 nitrogen and oxygen atoms in total. The minimum Gasteiger partial charge on any atom is -0.497 e. The molecule has 33 heavy (non-hydrogen) atoms. The molecule has 0 aliphatic heterocycles. The van der Waals surface area contributed by atoms with Gasteiger partial charge in [-0.1, -0.05) is 40.9 Å². The Morgan fingerprint density at radius 1 is 1.00 bits per heavy atom. The van der Waals surface area contributed by atoms with Crippen LogP contribution >= 0.6 is 23.2 Å². The van der Waals surface area contributed by atoms with E-state index in [4.69, 9.17) is 32.7 Å². The molecule has 4 aromatic rings. The second kappa shape index (κ2) is 9.05. The van der Waals surface area contributed by atoms with Crippen molar-refractivity contribution in [2.24, 2.45) is 0 Å². The molecule has 1 heterocycles. The van der Waals surface area contributed by atoms with Crippen LogP contribution in [-0.2, 0) is 10.0 Å². The maximum Gasteiger partial charge on any atom is 0.283 e. The van der Waals surface area contributed by atoms with Gasteiger partial charge in [0, 0.05) is 5.56 Å². The molecule has 0 amide bonds. The van der Waals surface area contributed by atoms with Crippen LogP contribution in [0.25, 0.3) is 10.9 Å². The average molecular weight is 505 g/mol. The van der Waals surface area contributed by atoms with Gasteiger partial charge in [-0.05, 0) is 55.5 Å². The van der Waals surface area contributed by atoms with Gasteiger partial charge in [-0.3, -0.25) is 4.79 Å². The molecule has 0 radical (unpaired) electrons. The molecule has 3 aromatic carbocycles. The molecule has 1 aromatic heterocycles. The van der Waals surface area contributed by atoms with Crippen molar-refractivity contribution >= 4 is 49.9 Å². The van der Waals surface area contributed by atoms with Gasteiger partial charge < -0.3 is 9.47 Å². The lowest BCUT2D eigenvalue weighted by Crippen LogP contribution is -2.15. The van der Waals surface area contributed by atoms with Crippen LogP contribution in [-0.4, -0.2) is 37.1 Å². The number of ether oxygens (including phenoxy) is 2. The quantitative estimate of drug-likeness (QED) is 0.323. The van der Waals surface area contributed by atoms with Crippen molar-refractivity contribution < 1.29 is 22.7 Å². The lowest BCUT2D eigenvalue weighted by atomic mass is 10.1. The van der Waals surface area contributed by atoms with Crippen molar-refractivity contribution in [3.05, 3.63) is 81.8 Å². The van der Waals surface area contributed by atoms with E-state index in [1.165, 1.54) is 37.4 Å². The first-order chi connectivity index (χ1) is 15.7. The molecule has 0 aliphatic rings. The Bertz CT molecular complexity index is 1460. The highest BCUT2D eigenvalue weighted by Crippen LogP contribution is 2.31. The first kappa shape index (κ1) is 23.1. The van der Waals surface area contributed by atoms with Gasteiger partial charge in [0.1, 0.15) is 5.75 Å². The summed E-state index contributed by atoms with van der Waals surface area (Å²) in [6.07, 6.45) is 0. The zero-order chi connectivity index (χ0) is 23.8. The predicted molar refractivity (Wildman–Crippen MR) is 126 cm³/mol. The van der Waals surface area contributed by atoms with Gasteiger partial charge >= 0.3 is 0 Å². The summed E-state index contributed by atoms with van der Waals surface area (Å²) in [6.45, 7) is 1.48. The number of benzene rings is 3. The zero-order valence-electron chi connectivity index (χ0n) is 17.6. The van der Waals surface area contributed by atoms with Gasteiger partial charge in [0.25, 0.3) is 10.0 Å². The summed E-state index contributed by atoms with van der Waals surface area (Å²) < 4.78 is 38.4. The number of aromatic nitrogens is 2. The molecule has 0 aliphatic carbocycles. The largest absolute Gasteiger partial charge is 0.497 e. The number of Topliss-reactive ketones (excluding diaryl/α,β-unsaturated/α-hetero) is 1. The van der Waals surface area contributed by atoms with Crippen molar-refractivity contribution in [2.75, 3.05) is 13.7 Å². The fourth-order valence-corrected chi connectivity index (χ4v) is 4.73. The monoisotopic (exact) mass is 504 g/mol. The summed E-state index contributed by atoms with van der Waals surface area (Å²) in [4.78, 5) is 12.7. The van der Waals surface area contributed by atoms with Crippen molar-refractivity contribution in [2.45, 2.75) is 11.8 Å². The third-order valence-electron chi connectivity index (χ3n) is 4.95. The Labute approximate surface area is 200 Å². The lowest BCUT2D eigenvalue weighted by molar-refractivity contribution is 0.0919. The van der Waals surface area contributed by atoms with Gasteiger partial charge in [0.15, 0.2) is 12.4 Å². The maximum atomic E-state index is 13.3. The Hall–Kier alpha value is -3.07. The number of hydrogen-bond donors (Lipinski definition) is 0. The van der Waals surface area contributed by atoms with Gasteiger partial charge in [0.2, 0.25) is 5.88 Å². The van der Waals surface area contributed by atoms with Crippen LogP contribution < -0.4 is 9.47 Å². The number of rotatable bonds is 7. The highest BCUT2D eigenvalue weighted by atomic mass is 35.5. The van der Waals surface area contributed by atoms with Crippen molar-refractivity contribution in [1.29, 1.82) is 0 Å². The van der Waals surface area contributed by atoms with E-state index in [9.17, 15) is 13.2 Å². The van der Waals surface area contributed by atoms with Crippen LogP contribution in [0.3, 0.4) is 0 Å². The summed E-state index contributed by atoms with van der Waals surface area (Å²) >= 11 is 11.9. The Morgan fingerprint density at radius 3 is 2.39 bits per heavy atom. The molecule has 0 saturated carbocycles. The SMILES string of the molecule is COc1ccc2c(c1)c(OCC(=O)c1ccc(Cl)c(Cl)c1)nn2S(=O)(=O)c1ccc(C)cc1. The van der Waals surface area contributed by atoms with Gasteiger partial charge in [-0.25, -0.2) is 0 Å². The molecule has 0 N–H and O–H groups in total. The van der Waals surface area contributed by atoms with E-state index in [-0.39, 0.29) is 33.7 Å². The van der Waals surface area contributed by atoms with Crippen LogP contribution in [0.15, 0.2) is 65.6 Å². The molecular weight excluding hydrogens is 487 g/mol. The minimum absolute atomic E-state index is 0.0204. The third-order valence-corrected chi connectivity index (χ3v) is 7.29. The second-order valence-electron chi connectivity index (χ2n) is 7.19. The number of halogens is 2. The van der Waals surface area contributed by atoms with E-state index in [1.54, 1.807) is 30.3 Å². The van der Waals surface area contributed by atoms with Crippen LogP contribution in [0.5, 0.6) is 11.6 Å². The molecule has 4 rings (SSSR count). The number of carbonyl (C=O) groups is 1. The molecule has 0 fully saturated rings. The molecule has 0 atom stereocenters. The molecule has 0 bridgehead atoms. The number of aryl methyl sites for hydroxylation is 1. The van der Waals surface area contributed by atoms with Crippen LogP contribution in [0.2, 0.25) is 10.0 Å². The zero-order valence-corrected chi connectivity index (χ0v) is 19.9. The normalized spacial score (nSPS) is 11.5. The first-order valence-electron chi connectivity index (χ1n) is 9.71. The number of methoxy groups -OCH3 is 1. The Morgan fingerprint density at radius 2 is 1.73 bits per heavy atom. The summed E-state index contributed by atoms with van der Waals surface area (Å²) in [7, 11) is -2.53. The van der Waals surface area contributed by atoms with Gasteiger partial charge in [0.05, 0.1) is 33.0 Å².